The molecule has 7 nitrogen and oxygen atoms in total. The van der Waals surface area contributed by atoms with E-state index in [0.717, 1.165) is 22.6 Å². The van der Waals surface area contributed by atoms with Crippen LogP contribution in [-0.2, 0) is 15.1 Å². The van der Waals surface area contributed by atoms with Crippen molar-refractivity contribution in [3.05, 3.63) is 59.2 Å². The molecule has 1 aromatic heterocycles. The molecule has 3 atom stereocenters. The van der Waals surface area contributed by atoms with Crippen molar-refractivity contribution in [3.63, 3.8) is 0 Å². The number of amides is 2. The number of hydrogen-bond donors (Lipinski definition) is 1. The van der Waals surface area contributed by atoms with Crippen molar-refractivity contribution in [3.8, 4) is 16.5 Å². The minimum absolute atomic E-state index is 0.0367. The van der Waals surface area contributed by atoms with E-state index < -0.39 is 17.3 Å². The molecule has 182 valence electrons. The molecule has 3 heterocycles. The summed E-state index contributed by atoms with van der Waals surface area (Å²) in [5, 5.41) is 9.20. The Kier molecular flexibility index (Phi) is 6.77. The Morgan fingerprint density at radius 1 is 1.46 bits per heavy atom. The minimum Gasteiger partial charge on any atom is -0.369 e. The Morgan fingerprint density at radius 3 is 2.91 bits per heavy atom. The van der Waals surface area contributed by atoms with Gasteiger partial charge in [-0.3, -0.25) is 14.5 Å². The van der Waals surface area contributed by atoms with Gasteiger partial charge in [-0.1, -0.05) is 31.9 Å². The van der Waals surface area contributed by atoms with Crippen molar-refractivity contribution >= 4 is 29.1 Å². The number of fused-ring (bicyclic) bond motifs is 1. The van der Waals surface area contributed by atoms with Crippen LogP contribution in [0, 0.1) is 29.0 Å². The average molecular weight is 494 g/mol. The molecular weight excluding hydrogens is 465 g/mol. The highest BCUT2D eigenvalue weighted by Crippen LogP contribution is 2.48. The highest BCUT2D eigenvalue weighted by atomic mass is 32.1. The molecule has 0 aliphatic carbocycles. The van der Waals surface area contributed by atoms with E-state index in [1.807, 2.05) is 18.2 Å². The van der Waals surface area contributed by atoms with Crippen molar-refractivity contribution in [1.82, 2.24) is 9.80 Å². The lowest BCUT2D eigenvalue weighted by Crippen LogP contribution is -2.54. The molecule has 0 bridgehead atoms. The van der Waals surface area contributed by atoms with Crippen molar-refractivity contribution in [2.75, 3.05) is 20.1 Å². The van der Waals surface area contributed by atoms with Gasteiger partial charge in [0.05, 0.1) is 23.9 Å². The third-order valence-corrected chi connectivity index (χ3v) is 8.18. The average Bonchev–Trinajstić information content (AvgIpc) is 3.50. The summed E-state index contributed by atoms with van der Waals surface area (Å²) in [6.07, 6.45) is 4.28. The van der Waals surface area contributed by atoms with E-state index in [9.17, 15) is 19.2 Å². The standard InChI is InChI=1S/C26H28FN5O2S/c1-4-6-7-16(5-2)23(33)32-14-19-24(34)31(3)25(29)30-26(19,15-32)22-11-10-21(35-22)17-8-9-20(27)18(12-17)13-28/h5,8-12,16,19H,2,4,6-7,14-15H2,1,3H3,(H2,29,30). The Morgan fingerprint density at radius 2 is 2.23 bits per heavy atom. The van der Waals surface area contributed by atoms with E-state index in [4.69, 9.17) is 10.7 Å². The normalized spacial score (nSPS) is 22.4. The van der Waals surface area contributed by atoms with Crippen LogP contribution in [0.15, 0.2) is 48.0 Å². The number of unbranched alkanes of at least 4 members (excludes halogenated alkanes) is 1. The first-order valence-electron chi connectivity index (χ1n) is 11.6. The maximum absolute atomic E-state index is 13.8. The quantitative estimate of drug-likeness (QED) is 0.592. The van der Waals surface area contributed by atoms with E-state index in [1.165, 1.54) is 28.4 Å². The number of hydrogen-bond acceptors (Lipinski definition) is 6. The molecule has 2 aromatic rings. The molecule has 0 spiro atoms. The van der Waals surface area contributed by atoms with Gasteiger partial charge in [0, 0.05) is 23.3 Å². The van der Waals surface area contributed by atoms with E-state index in [2.05, 4.69) is 13.5 Å². The Labute approximate surface area is 208 Å². The summed E-state index contributed by atoms with van der Waals surface area (Å²) in [4.78, 5) is 36.1. The van der Waals surface area contributed by atoms with Crippen LogP contribution in [-0.4, -0.2) is 47.7 Å². The van der Waals surface area contributed by atoms with Crippen LogP contribution < -0.4 is 5.73 Å². The Balaban J connectivity index is 1.74. The van der Waals surface area contributed by atoms with E-state index in [0.29, 0.717) is 12.0 Å². The predicted octanol–water partition coefficient (Wildman–Crippen LogP) is 3.86. The zero-order valence-corrected chi connectivity index (χ0v) is 20.6. The first-order chi connectivity index (χ1) is 16.7. The number of nitrogens with two attached hydrogens (primary N) is 1. The second kappa shape index (κ2) is 9.62. The molecule has 1 aromatic carbocycles. The van der Waals surface area contributed by atoms with Gasteiger partial charge in [-0.15, -0.1) is 17.9 Å². The Bertz CT molecular complexity index is 1250. The molecule has 1 saturated heterocycles. The maximum atomic E-state index is 13.8. The highest BCUT2D eigenvalue weighted by molar-refractivity contribution is 7.15. The monoisotopic (exact) mass is 493 g/mol. The number of benzene rings is 1. The molecule has 0 saturated carbocycles. The van der Waals surface area contributed by atoms with Crippen LogP contribution in [0.2, 0.25) is 0 Å². The number of aliphatic imine (C=N–C) groups is 1. The molecule has 0 radical (unpaired) electrons. The van der Waals surface area contributed by atoms with Crippen molar-refractivity contribution in [1.29, 1.82) is 5.26 Å². The molecular formula is C26H28FN5O2S. The van der Waals surface area contributed by atoms with Crippen LogP contribution in [0.1, 0.15) is 36.6 Å². The second-order valence-corrected chi connectivity index (χ2v) is 10.1. The number of guanidine groups is 1. The fourth-order valence-corrected chi connectivity index (χ4v) is 6.01. The predicted molar refractivity (Wildman–Crippen MR) is 134 cm³/mol. The number of thiophene rings is 1. The van der Waals surface area contributed by atoms with Gasteiger partial charge in [0.25, 0.3) is 0 Å². The second-order valence-electron chi connectivity index (χ2n) is 9.02. The summed E-state index contributed by atoms with van der Waals surface area (Å²) in [7, 11) is 1.59. The number of halogens is 1. The van der Waals surface area contributed by atoms with Gasteiger partial charge in [0.15, 0.2) is 5.96 Å². The van der Waals surface area contributed by atoms with E-state index >= 15 is 0 Å². The number of nitrogens with zero attached hydrogens (tertiary/aromatic N) is 4. The number of likely N-dealkylation sites (tertiary alicyclic amines) is 1. The summed E-state index contributed by atoms with van der Waals surface area (Å²) in [5.41, 5.74) is 5.81. The molecule has 2 amide bonds. The van der Waals surface area contributed by atoms with Crippen LogP contribution in [0.4, 0.5) is 4.39 Å². The van der Waals surface area contributed by atoms with Crippen molar-refractivity contribution < 1.29 is 14.0 Å². The SMILES string of the molecule is C=CC(CCCC)C(=O)N1CC2C(=O)N(C)C(N)=NC2(c2ccc(-c3ccc(F)c(C#N)c3)s2)C1. The number of rotatable bonds is 7. The summed E-state index contributed by atoms with van der Waals surface area (Å²) in [5.74, 6) is -1.59. The van der Waals surface area contributed by atoms with Gasteiger partial charge >= 0.3 is 0 Å². The van der Waals surface area contributed by atoms with Crippen LogP contribution >= 0.6 is 11.3 Å². The molecule has 4 rings (SSSR count). The Hall–Kier alpha value is -3.51. The van der Waals surface area contributed by atoms with E-state index in [-0.39, 0.29) is 42.3 Å². The van der Waals surface area contributed by atoms with E-state index in [1.54, 1.807) is 24.1 Å². The number of carbonyl (C=O) groups is 2. The molecule has 1 fully saturated rings. The summed E-state index contributed by atoms with van der Waals surface area (Å²) in [6, 6.07) is 10.0. The first-order valence-corrected chi connectivity index (χ1v) is 12.4. The summed E-state index contributed by atoms with van der Waals surface area (Å²) >= 11 is 1.41. The fraction of sp³-hybridized carbons (Fsp3) is 0.385. The van der Waals surface area contributed by atoms with Crippen molar-refractivity contribution in [2.24, 2.45) is 22.6 Å². The maximum Gasteiger partial charge on any atom is 0.236 e. The van der Waals surface area contributed by atoms with Crippen LogP contribution in [0.3, 0.4) is 0 Å². The highest BCUT2D eigenvalue weighted by Gasteiger charge is 2.57. The molecule has 2 aliphatic rings. The molecule has 2 aliphatic heterocycles. The molecule has 9 heteroatoms. The topological polar surface area (TPSA) is 103 Å². The number of nitriles is 1. The zero-order valence-electron chi connectivity index (χ0n) is 19.8. The smallest absolute Gasteiger partial charge is 0.236 e. The van der Waals surface area contributed by atoms with Crippen molar-refractivity contribution in [2.45, 2.75) is 31.7 Å². The molecule has 3 unspecified atom stereocenters. The third kappa shape index (κ3) is 4.23. The molecule has 35 heavy (non-hydrogen) atoms. The third-order valence-electron chi connectivity index (χ3n) is 6.88. The van der Waals surface area contributed by atoms with Gasteiger partial charge in [-0.25, -0.2) is 9.38 Å². The zero-order chi connectivity index (χ0) is 25.3. The molecule has 2 N–H and O–H groups in total. The van der Waals surface area contributed by atoms with Gasteiger partial charge in [0.2, 0.25) is 11.8 Å². The van der Waals surface area contributed by atoms with Gasteiger partial charge in [-0.05, 0) is 36.2 Å². The van der Waals surface area contributed by atoms with Crippen LogP contribution in [0.5, 0.6) is 0 Å². The first kappa shape index (κ1) is 24.6. The van der Waals surface area contributed by atoms with Gasteiger partial charge in [0.1, 0.15) is 17.4 Å². The van der Waals surface area contributed by atoms with Gasteiger partial charge in [-0.2, -0.15) is 5.26 Å². The fourth-order valence-electron chi connectivity index (χ4n) is 4.82. The summed E-state index contributed by atoms with van der Waals surface area (Å²) < 4.78 is 13.8. The minimum atomic E-state index is -0.999. The van der Waals surface area contributed by atoms with Gasteiger partial charge < -0.3 is 10.6 Å². The summed E-state index contributed by atoms with van der Waals surface area (Å²) in [6.45, 7) is 6.41. The number of carbonyl (C=O) groups excluding carboxylic acids is 2. The lowest BCUT2D eigenvalue weighted by molar-refractivity contribution is -0.134. The largest absolute Gasteiger partial charge is 0.369 e. The lowest BCUT2D eigenvalue weighted by atomic mass is 9.84. The lowest BCUT2D eigenvalue weighted by Gasteiger charge is -2.36. The van der Waals surface area contributed by atoms with Crippen LogP contribution in [0.25, 0.3) is 10.4 Å².